The Labute approximate surface area is 174 Å². The molecule has 3 rings (SSSR count). The molecular weight excluding hydrogens is 443 g/mol. The van der Waals surface area contributed by atoms with E-state index < -0.39 is 0 Å². The van der Waals surface area contributed by atoms with Crippen LogP contribution in [0.25, 0.3) is 0 Å². The number of aliphatic imine (C=N–C) groups is 1. The van der Waals surface area contributed by atoms with Crippen molar-refractivity contribution >= 4 is 29.9 Å². The van der Waals surface area contributed by atoms with Crippen LogP contribution in [0.4, 0.5) is 0 Å². The Morgan fingerprint density at radius 2 is 2.12 bits per heavy atom. The smallest absolute Gasteiger partial charge is 0.191 e. The number of guanidine groups is 1. The van der Waals surface area contributed by atoms with E-state index in [0.717, 1.165) is 57.3 Å². The van der Waals surface area contributed by atoms with Gasteiger partial charge >= 0.3 is 0 Å². The van der Waals surface area contributed by atoms with Crippen molar-refractivity contribution in [3.8, 4) is 0 Å². The largest absolute Gasteiger partial charge is 0.468 e. The molecule has 2 unspecified atom stereocenters. The summed E-state index contributed by atoms with van der Waals surface area (Å²) in [5.41, 5.74) is 0. The lowest BCUT2D eigenvalue weighted by Gasteiger charge is -2.32. The van der Waals surface area contributed by atoms with Gasteiger partial charge in [-0.1, -0.05) is 6.42 Å². The third-order valence-corrected chi connectivity index (χ3v) is 4.99. The highest BCUT2D eigenvalue weighted by Gasteiger charge is 2.24. The molecule has 2 fully saturated rings. The van der Waals surface area contributed by atoms with Crippen LogP contribution < -0.4 is 10.6 Å². The maximum Gasteiger partial charge on any atom is 0.191 e. The number of rotatable bonds is 7. The summed E-state index contributed by atoms with van der Waals surface area (Å²) in [7, 11) is 0. The Morgan fingerprint density at radius 1 is 1.27 bits per heavy atom. The monoisotopic (exact) mass is 476 g/mol. The van der Waals surface area contributed by atoms with Crippen molar-refractivity contribution in [1.82, 2.24) is 15.5 Å². The Hall–Kier alpha value is -0.800. The molecule has 2 saturated heterocycles. The fourth-order valence-electron chi connectivity index (χ4n) is 3.63. The van der Waals surface area contributed by atoms with Crippen molar-refractivity contribution in [2.45, 2.75) is 51.2 Å². The van der Waals surface area contributed by atoms with E-state index >= 15 is 0 Å². The highest BCUT2D eigenvalue weighted by Crippen LogP contribution is 2.25. The van der Waals surface area contributed by atoms with Gasteiger partial charge in [-0.2, -0.15) is 0 Å². The molecule has 0 aromatic carbocycles. The summed E-state index contributed by atoms with van der Waals surface area (Å²) in [6, 6.07) is 4.26. The summed E-state index contributed by atoms with van der Waals surface area (Å²) < 4.78 is 11.4. The van der Waals surface area contributed by atoms with Crippen LogP contribution in [-0.4, -0.2) is 56.3 Å². The average Bonchev–Trinajstić information content (AvgIpc) is 3.35. The van der Waals surface area contributed by atoms with E-state index in [2.05, 4.69) is 28.5 Å². The van der Waals surface area contributed by atoms with Crippen LogP contribution in [0.15, 0.2) is 27.8 Å². The zero-order valence-corrected chi connectivity index (χ0v) is 18.1. The average molecular weight is 476 g/mol. The molecule has 2 N–H and O–H groups in total. The van der Waals surface area contributed by atoms with E-state index in [1.54, 1.807) is 6.26 Å². The maximum atomic E-state index is 5.71. The van der Waals surface area contributed by atoms with Crippen LogP contribution in [0.2, 0.25) is 0 Å². The van der Waals surface area contributed by atoms with Gasteiger partial charge in [0.1, 0.15) is 5.76 Å². The van der Waals surface area contributed by atoms with E-state index in [1.165, 1.54) is 19.3 Å². The van der Waals surface area contributed by atoms with Crippen molar-refractivity contribution < 1.29 is 9.15 Å². The van der Waals surface area contributed by atoms with Crippen LogP contribution in [0, 0.1) is 0 Å². The minimum Gasteiger partial charge on any atom is -0.468 e. The van der Waals surface area contributed by atoms with Gasteiger partial charge in [0, 0.05) is 19.7 Å². The lowest BCUT2D eigenvalue weighted by molar-refractivity contribution is 0.113. The third-order valence-electron chi connectivity index (χ3n) is 4.99. The number of nitrogens with one attached hydrogen (secondary N) is 2. The van der Waals surface area contributed by atoms with Gasteiger partial charge in [-0.25, -0.2) is 0 Å². The van der Waals surface area contributed by atoms with Gasteiger partial charge in [-0.05, 0) is 57.8 Å². The second-order valence-electron chi connectivity index (χ2n) is 6.86. The fraction of sp³-hybridized carbons (Fsp3) is 0.737. The Morgan fingerprint density at radius 3 is 2.77 bits per heavy atom. The molecule has 2 aliphatic rings. The predicted octanol–water partition coefficient (Wildman–Crippen LogP) is 3.16. The number of furan rings is 1. The van der Waals surface area contributed by atoms with Crippen molar-refractivity contribution in [2.75, 3.05) is 39.3 Å². The van der Waals surface area contributed by atoms with Crippen molar-refractivity contribution in [1.29, 1.82) is 0 Å². The van der Waals surface area contributed by atoms with E-state index in [1.807, 2.05) is 6.07 Å². The van der Waals surface area contributed by atoms with Gasteiger partial charge in [0.2, 0.25) is 0 Å². The second kappa shape index (κ2) is 11.8. The van der Waals surface area contributed by atoms with Crippen LogP contribution in [0.1, 0.15) is 50.8 Å². The minimum atomic E-state index is 0. The normalized spacial score (nSPS) is 22.7. The molecule has 0 aliphatic carbocycles. The van der Waals surface area contributed by atoms with E-state index in [4.69, 9.17) is 14.1 Å². The summed E-state index contributed by atoms with van der Waals surface area (Å²) in [5, 5.41) is 6.78. The molecule has 6 nitrogen and oxygen atoms in total. The number of nitrogens with zero attached hydrogens (tertiary/aromatic N) is 2. The van der Waals surface area contributed by atoms with E-state index in [9.17, 15) is 0 Å². The molecule has 0 radical (unpaired) electrons. The van der Waals surface area contributed by atoms with Gasteiger partial charge in [0.15, 0.2) is 5.96 Å². The summed E-state index contributed by atoms with van der Waals surface area (Å²) in [6.45, 7) is 7.61. The Kier molecular flexibility index (Phi) is 9.77. The first kappa shape index (κ1) is 21.5. The van der Waals surface area contributed by atoms with Gasteiger partial charge in [0.05, 0.1) is 25.0 Å². The zero-order valence-electron chi connectivity index (χ0n) is 15.8. The van der Waals surface area contributed by atoms with Gasteiger partial charge < -0.3 is 19.8 Å². The number of hydrogen-bond acceptors (Lipinski definition) is 4. The number of hydrogen-bond donors (Lipinski definition) is 2. The van der Waals surface area contributed by atoms with Gasteiger partial charge in [-0.3, -0.25) is 9.89 Å². The van der Waals surface area contributed by atoms with Crippen LogP contribution >= 0.6 is 24.0 Å². The number of piperidine rings is 1. The molecule has 2 atom stereocenters. The summed E-state index contributed by atoms with van der Waals surface area (Å²) in [6.07, 6.45) is 8.22. The van der Waals surface area contributed by atoms with Gasteiger partial charge in [-0.15, -0.1) is 24.0 Å². The predicted molar refractivity (Wildman–Crippen MR) is 115 cm³/mol. The van der Waals surface area contributed by atoms with Crippen LogP contribution in [0.3, 0.4) is 0 Å². The van der Waals surface area contributed by atoms with E-state index in [0.29, 0.717) is 12.6 Å². The molecule has 0 bridgehead atoms. The molecule has 2 aliphatic heterocycles. The molecule has 26 heavy (non-hydrogen) atoms. The SMILES string of the molecule is CCNC(=NCC(c1ccco1)N1CCCCC1)NCC1CCCO1.I. The van der Waals surface area contributed by atoms with Gasteiger partial charge in [0.25, 0.3) is 0 Å². The van der Waals surface area contributed by atoms with Crippen molar-refractivity contribution in [3.63, 3.8) is 0 Å². The quantitative estimate of drug-likeness (QED) is 0.360. The molecule has 7 heteroatoms. The first-order valence-electron chi connectivity index (χ1n) is 9.78. The van der Waals surface area contributed by atoms with Crippen LogP contribution in [0.5, 0.6) is 0 Å². The Bertz CT molecular complexity index is 512. The Balaban J connectivity index is 0.00000243. The highest BCUT2D eigenvalue weighted by atomic mass is 127. The lowest BCUT2D eigenvalue weighted by Crippen LogP contribution is -2.42. The number of ether oxygens (including phenoxy) is 1. The third kappa shape index (κ3) is 6.42. The minimum absolute atomic E-state index is 0. The molecule has 3 heterocycles. The molecule has 0 spiro atoms. The summed E-state index contributed by atoms with van der Waals surface area (Å²) >= 11 is 0. The highest BCUT2D eigenvalue weighted by molar-refractivity contribution is 14.0. The van der Waals surface area contributed by atoms with Crippen LogP contribution in [-0.2, 0) is 4.74 Å². The molecule has 1 aromatic heterocycles. The first-order valence-corrected chi connectivity index (χ1v) is 9.78. The topological polar surface area (TPSA) is 62.0 Å². The molecule has 148 valence electrons. The summed E-state index contributed by atoms with van der Waals surface area (Å²) in [5.74, 6) is 1.88. The fourth-order valence-corrected chi connectivity index (χ4v) is 3.63. The second-order valence-corrected chi connectivity index (χ2v) is 6.86. The van der Waals surface area contributed by atoms with Crippen molar-refractivity contribution in [2.24, 2.45) is 4.99 Å². The van der Waals surface area contributed by atoms with E-state index in [-0.39, 0.29) is 30.0 Å². The number of halogens is 1. The molecule has 0 saturated carbocycles. The molecule has 0 amide bonds. The lowest BCUT2D eigenvalue weighted by atomic mass is 10.1. The number of likely N-dealkylation sites (tertiary alicyclic amines) is 1. The first-order chi connectivity index (χ1) is 12.4. The standard InChI is InChI=1S/C19H32N4O2.HI/c1-2-20-19(21-14-16-8-6-12-24-16)22-15-17(18-9-7-13-25-18)23-10-4-3-5-11-23;/h7,9,13,16-17H,2-6,8,10-12,14-15H2,1H3,(H2,20,21,22);1H. The maximum absolute atomic E-state index is 5.71. The summed E-state index contributed by atoms with van der Waals surface area (Å²) in [4.78, 5) is 7.35. The van der Waals surface area contributed by atoms with Crippen molar-refractivity contribution in [3.05, 3.63) is 24.2 Å². The zero-order chi connectivity index (χ0) is 17.3. The molecular formula is C19H33IN4O2. The molecule has 1 aromatic rings.